The quantitative estimate of drug-likeness (QED) is 0.586. The summed E-state index contributed by atoms with van der Waals surface area (Å²) in [4.78, 5) is 11.1. The molecule has 0 aromatic heterocycles. The second-order valence-electron chi connectivity index (χ2n) is 4.36. The van der Waals surface area contributed by atoms with E-state index in [4.69, 9.17) is 0 Å². The Balaban J connectivity index is 3.07. The van der Waals surface area contributed by atoms with Crippen LogP contribution in [0.3, 0.4) is 0 Å². The zero-order valence-corrected chi connectivity index (χ0v) is 11.5. The molecule has 0 spiro atoms. The third kappa shape index (κ3) is 3.50. The van der Waals surface area contributed by atoms with Crippen LogP contribution in [-0.2, 0) is 4.79 Å². The number of aryl methyl sites for hydroxylation is 2. The molecule has 0 unspecified atom stereocenters. The smallest absolute Gasteiger partial charge is 0.280 e. The Kier molecular flexibility index (Phi) is 4.67. The lowest BCUT2D eigenvalue weighted by Crippen LogP contribution is -2.55. The summed E-state index contributed by atoms with van der Waals surface area (Å²) >= 11 is -0.347. The molecular weight excluding hydrogens is 325 g/mol. The molecule has 118 valence electrons. The van der Waals surface area contributed by atoms with Crippen LogP contribution < -0.4 is 0 Å². The molecule has 0 heterocycles. The Morgan fingerprint density at radius 2 is 1.33 bits per heavy atom. The van der Waals surface area contributed by atoms with E-state index in [1.54, 1.807) is 19.9 Å². The summed E-state index contributed by atoms with van der Waals surface area (Å²) in [5.74, 6) is -12.3. The standard InChI is InChI=1S/C12H9F7OS/c1-6-3-7(2)5-8(4-6)21-9(20)10(13,14)11(15,16)12(17,18)19/h3-5H,1-2H3. The van der Waals surface area contributed by atoms with Crippen molar-refractivity contribution in [3.8, 4) is 0 Å². The maximum absolute atomic E-state index is 13.1. The molecule has 0 saturated carbocycles. The topological polar surface area (TPSA) is 17.1 Å². The van der Waals surface area contributed by atoms with E-state index in [9.17, 15) is 35.5 Å². The second-order valence-corrected chi connectivity index (χ2v) is 5.41. The molecule has 1 rings (SSSR count). The molecule has 0 radical (unpaired) electrons. The number of hydrogen-bond donors (Lipinski definition) is 0. The Labute approximate surface area is 119 Å². The molecule has 0 atom stereocenters. The molecule has 0 fully saturated rings. The van der Waals surface area contributed by atoms with Gasteiger partial charge in [0.15, 0.2) is 0 Å². The van der Waals surface area contributed by atoms with Crippen LogP contribution in [0.25, 0.3) is 0 Å². The minimum atomic E-state index is -6.52. The van der Waals surface area contributed by atoms with Gasteiger partial charge >= 0.3 is 18.0 Å². The molecule has 0 saturated heterocycles. The van der Waals surface area contributed by atoms with Crippen molar-refractivity contribution in [2.45, 2.75) is 36.8 Å². The third-order valence-electron chi connectivity index (χ3n) is 2.41. The highest BCUT2D eigenvalue weighted by Crippen LogP contribution is 2.49. The SMILES string of the molecule is Cc1cc(C)cc(SC(=O)C(F)(F)C(F)(F)C(F)(F)F)c1. The molecule has 21 heavy (non-hydrogen) atoms. The maximum Gasteiger partial charge on any atom is 0.460 e. The first-order chi connectivity index (χ1) is 9.29. The average Bonchev–Trinajstić information content (AvgIpc) is 2.25. The van der Waals surface area contributed by atoms with Crippen molar-refractivity contribution in [2.24, 2.45) is 0 Å². The van der Waals surface area contributed by atoms with Crippen LogP contribution in [0.1, 0.15) is 11.1 Å². The van der Waals surface area contributed by atoms with Gasteiger partial charge in [0.2, 0.25) is 0 Å². The molecule has 0 amide bonds. The van der Waals surface area contributed by atoms with E-state index in [2.05, 4.69) is 0 Å². The van der Waals surface area contributed by atoms with Crippen LogP contribution >= 0.6 is 11.8 Å². The molecule has 9 heteroatoms. The fourth-order valence-corrected chi connectivity index (χ4v) is 2.43. The van der Waals surface area contributed by atoms with E-state index >= 15 is 0 Å². The highest BCUT2D eigenvalue weighted by molar-refractivity contribution is 8.13. The van der Waals surface area contributed by atoms with Crippen molar-refractivity contribution < 1.29 is 35.5 Å². The summed E-state index contributed by atoms with van der Waals surface area (Å²) in [5, 5.41) is -2.56. The number of rotatable bonds is 3. The summed E-state index contributed by atoms with van der Waals surface area (Å²) in [6.07, 6.45) is -6.52. The summed E-state index contributed by atoms with van der Waals surface area (Å²) in [7, 11) is 0. The van der Waals surface area contributed by atoms with Gasteiger partial charge in [-0.2, -0.15) is 30.7 Å². The number of carbonyl (C=O) groups is 1. The molecule has 0 bridgehead atoms. The highest BCUT2D eigenvalue weighted by Gasteiger charge is 2.76. The fraction of sp³-hybridized carbons (Fsp3) is 0.417. The van der Waals surface area contributed by atoms with Crippen molar-refractivity contribution in [3.05, 3.63) is 29.3 Å². The van der Waals surface area contributed by atoms with Gasteiger partial charge in [-0.1, -0.05) is 6.07 Å². The first-order valence-corrected chi connectivity index (χ1v) is 6.23. The van der Waals surface area contributed by atoms with Gasteiger partial charge in [0.1, 0.15) is 0 Å². The Morgan fingerprint density at radius 3 is 1.71 bits per heavy atom. The third-order valence-corrected chi connectivity index (χ3v) is 3.33. The lowest BCUT2D eigenvalue weighted by Gasteiger charge is -2.26. The number of carbonyl (C=O) groups excluding carboxylic acids is 1. The van der Waals surface area contributed by atoms with E-state index in [0.29, 0.717) is 11.1 Å². The Bertz CT molecular complexity index is 531. The maximum atomic E-state index is 13.1. The minimum absolute atomic E-state index is 0.129. The summed E-state index contributed by atoms with van der Waals surface area (Å²) in [6, 6.07) is 4.09. The first-order valence-electron chi connectivity index (χ1n) is 5.42. The van der Waals surface area contributed by atoms with Gasteiger partial charge in [-0.25, -0.2) is 0 Å². The Morgan fingerprint density at radius 1 is 0.905 bits per heavy atom. The molecule has 1 nitrogen and oxygen atoms in total. The molecule has 1 aromatic rings. The predicted molar refractivity (Wildman–Crippen MR) is 62.7 cm³/mol. The van der Waals surface area contributed by atoms with Crippen molar-refractivity contribution in [2.75, 3.05) is 0 Å². The Hall–Kier alpha value is -1.25. The van der Waals surface area contributed by atoms with Gasteiger partial charge in [-0.05, 0) is 48.9 Å². The van der Waals surface area contributed by atoms with Crippen molar-refractivity contribution in [3.63, 3.8) is 0 Å². The molecule has 1 aromatic carbocycles. The zero-order valence-electron chi connectivity index (χ0n) is 10.7. The monoisotopic (exact) mass is 334 g/mol. The van der Waals surface area contributed by atoms with Gasteiger partial charge in [-0.3, -0.25) is 4.79 Å². The second kappa shape index (κ2) is 5.51. The minimum Gasteiger partial charge on any atom is -0.280 e. The number of alkyl halides is 7. The number of thioether (sulfide) groups is 1. The van der Waals surface area contributed by atoms with Gasteiger partial charge in [-0.15, -0.1) is 0 Å². The lowest BCUT2D eigenvalue weighted by atomic mass is 10.2. The number of halogens is 7. The van der Waals surface area contributed by atoms with Gasteiger partial charge in [0, 0.05) is 4.90 Å². The molecule has 0 N–H and O–H groups in total. The molecule has 0 aliphatic rings. The van der Waals surface area contributed by atoms with Crippen LogP contribution in [0.4, 0.5) is 30.7 Å². The van der Waals surface area contributed by atoms with Crippen LogP contribution in [0.5, 0.6) is 0 Å². The summed E-state index contributed by atoms with van der Waals surface area (Å²) in [5.41, 5.74) is 1.10. The van der Waals surface area contributed by atoms with Crippen molar-refractivity contribution in [1.82, 2.24) is 0 Å². The number of hydrogen-bond acceptors (Lipinski definition) is 2. The first kappa shape index (κ1) is 17.8. The molecule has 0 aliphatic carbocycles. The van der Waals surface area contributed by atoms with Gasteiger partial charge in [0.05, 0.1) is 0 Å². The van der Waals surface area contributed by atoms with E-state index in [0.717, 1.165) is 0 Å². The van der Waals surface area contributed by atoms with E-state index < -0.39 is 23.1 Å². The largest absolute Gasteiger partial charge is 0.460 e. The normalized spacial score (nSPS) is 13.4. The van der Waals surface area contributed by atoms with E-state index in [1.807, 2.05) is 0 Å². The summed E-state index contributed by atoms with van der Waals surface area (Å²) < 4.78 is 87.6. The summed E-state index contributed by atoms with van der Waals surface area (Å²) in [6.45, 7) is 3.12. The number of benzene rings is 1. The van der Waals surface area contributed by atoms with Crippen molar-refractivity contribution >= 4 is 16.9 Å². The van der Waals surface area contributed by atoms with Crippen LogP contribution in [0, 0.1) is 13.8 Å². The van der Waals surface area contributed by atoms with E-state index in [1.165, 1.54) is 12.1 Å². The average molecular weight is 334 g/mol. The van der Waals surface area contributed by atoms with Crippen LogP contribution in [0.2, 0.25) is 0 Å². The van der Waals surface area contributed by atoms with Crippen LogP contribution in [-0.4, -0.2) is 23.1 Å². The zero-order chi connectivity index (χ0) is 16.6. The molecular formula is C12H9F7OS. The lowest BCUT2D eigenvalue weighted by molar-refractivity contribution is -0.341. The van der Waals surface area contributed by atoms with E-state index in [-0.39, 0.29) is 16.7 Å². The van der Waals surface area contributed by atoms with Crippen LogP contribution in [0.15, 0.2) is 23.1 Å². The fourth-order valence-electron chi connectivity index (χ4n) is 1.47. The van der Waals surface area contributed by atoms with Crippen molar-refractivity contribution in [1.29, 1.82) is 0 Å². The van der Waals surface area contributed by atoms with Gasteiger partial charge in [0.25, 0.3) is 5.12 Å². The molecule has 0 aliphatic heterocycles. The van der Waals surface area contributed by atoms with Gasteiger partial charge < -0.3 is 0 Å². The highest BCUT2D eigenvalue weighted by atomic mass is 32.2. The predicted octanol–water partition coefficient (Wildman–Crippen LogP) is 4.76.